The van der Waals surface area contributed by atoms with Crippen molar-refractivity contribution in [3.05, 3.63) is 89.2 Å². The average molecular weight is 515 g/mol. The van der Waals surface area contributed by atoms with Gasteiger partial charge in [0.05, 0.1) is 6.54 Å². The van der Waals surface area contributed by atoms with Crippen LogP contribution in [-0.4, -0.2) is 69.0 Å². The summed E-state index contributed by atoms with van der Waals surface area (Å²) in [6.45, 7) is 4.96. The number of likely N-dealkylation sites (tertiary alicyclic amines) is 1. The molecule has 1 aromatic heterocycles. The van der Waals surface area contributed by atoms with E-state index in [0.29, 0.717) is 12.2 Å². The Morgan fingerprint density at radius 1 is 1.00 bits per heavy atom. The highest BCUT2D eigenvalue weighted by Gasteiger charge is 2.46. The summed E-state index contributed by atoms with van der Waals surface area (Å²) in [5.41, 5.74) is 1.63. The van der Waals surface area contributed by atoms with Gasteiger partial charge in [-0.2, -0.15) is 5.10 Å². The largest absolute Gasteiger partial charge is 0.350 e. The van der Waals surface area contributed by atoms with E-state index in [4.69, 9.17) is 0 Å². The molecule has 3 amide bonds. The molecule has 2 N–H and O–H groups in total. The zero-order valence-corrected chi connectivity index (χ0v) is 21.9. The van der Waals surface area contributed by atoms with Gasteiger partial charge in [-0.15, -0.1) is 0 Å². The van der Waals surface area contributed by atoms with Gasteiger partial charge in [-0.3, -0.25) is 24.0 Å². The van der Waals surface area contributed by atoms with Gasteiger partial charge < -0.3 is 15.5 Å². The number of piperidine rings is 1. The summed E-state index contributed by atoms with van der Waals surface area (Å²) in [7, 11) is 1.61. The number of carbonyl (C=O) groups excluding carboxylic acids is 3. The molecule has 1 fully saturated rings. The summed E-state index contributed by atoms with van der Waals surface area (Å²) in [4.78, 5) is 43.2. The van der Waals surface area contributed by atoms with Crippen LogP contribution in [0.5, 0.6) is 0 Å². The van der Waals surface area contributed by atoms with E-state index in [1.54, 1.807) is 14.0 Å². The highest BCUT2D eigenvalue weighted by Crippen LogP contribution is 2.26. The van der Waals surface area contributed by atoms with E-state index < -0.39 is 5.54 Å². The molecule has 38 heavy (non-hydrogen) atoms. The SMILES string of the molecule is CN1C(=O)c2cc(C(=O)NC3CCN(Cc4ccccc4)CC3)nn2C[C@]1(C)C(=O)NCc1ccccc1. The molecule has 1 saturated heterocycles. The van der Waals surface area contributed by atoms with Crippen molar-refractivity contribution in [1.29, 1.82) is 0 Å². The number of aromatic nitrogens is 2. The second kappa shape index (κ2) is 10.8. The van der Waals surface area contributed by atoms with Gasteiger partial charge in [0, 0.05) is 45.3 Å². The third-order valence-corrected chi connectivity index (χ3v) is 7.69. The highest BCUT2D eigenvalue weighted by atomic mass is 16.2. The van der Waals surface area contributed by atoms with Crippen LogP contribution in [-0.2, 0) is 24.4 Å². The topological polar surface area (TPSA) is 99.6 Å². The Kier molecular flexibility index (Phi) is 7.28. The molecule has 198 valence electrons. The molecule has 0 radical (unpaired) electrons. The van der Waals surface area contributed by atoms with Gasteiger partial charge in [0.2, 0.25) is 5.91 Å². The van der Waals surface area contributed by atoms with Crippen molar-refractivity contribution in [3.8, 4) is 0 Å². The number of likely N-dealkylation sites (N-methyl/N-ethyl adjacent to an activating group) is 1. The second-order valence-corrected chi connectivity index (χ2v) is 10.4. The fraction of sp³-hybridized carbons (Fsp3) is 0.379. The minimum absolute atomic E-state index is 0.0562. The van der Waals surface area contributed by atoms with Gasteiger partial charge in [0.15, 0.2) is 5.69 Å². The van der Waals surface area contributed by atoms with Crippen molar-refractivity contribution in [2.45, 2.75) is 51.0 Å². The Hall–Kier alpha value is -3.98. The molecule has 2 aromatic carbocycles. The van der Waals surface area contributed by atoms with Crippen LogP contribution < -0.4 is 10.6 Å². The van der Waals surface area contributed by atoms with Crippen LogP contribution in [0.1, 0.15) is 51.9 Å². The molecular formula is C29H34N6O3. The van der Waals surface area contributed by atoms with Gasteiger partial charge in [-0.25, -0.2) is 0 Å². The summed E-state index contributed by atoms with van der Waals surface area (Å²) in [6.07, 6.45) is 1.71. The molecule has 3 aromatic rings. The molecule has 9 heteroatoms. The number of carbonyl (C=O) groups is 3. The first-order chi connectivity index (χ1) is 18.3. The monoisotopic (exact) mass is 514 g/mol. The number of rotatable bonds is 7. The molecule has 3 heterocycles. The van der Waals surface area contributed by atoms with E-state index in [1.165, 1.54) is 21.2 Å². The van der Waals surface area contributed by atoms with E-state index in [2.05, 4.69) is 44.9 Å². The summed E-state index contributed by atoms with van der Waals surface area (Å²) >= 11 is 0. The van der Waals surface area contributed by atoms with E-state index in [9.17, 15) is 14.4 Å². The van der Waals surface area contributed by atoms with Crippen LogP contribution in [0.25, 0.3) is 0 Å². The van der Waals surface area contributed by atoms with E-state index in [0.717, 1.165) is 38.0 Å². The van der Waals surface area contributed by atoms with Crippen LogP contribution >= 0.6 is 0 Å². The zero-order valence-electron chi connectivity index (χ0n) is 21.9. The fourth-order valence-electron chi connectivity index (χ4n) is 5.14. The lowest BCUT2D eigenvalue weighted by molar-refractivity contribution is -0.132. The number of hydrogen-bond donors (Lipinski definition) is 2. The smallest absolute Gasteiger partial charge is 0.272 e. The lowest BCUT2D eigenvalue weighted by Crippen LogP contribution is -2.62. The zero-order chi connectivity index (χ0) is 26.7. The average Bonchev–Trinajstić information content (AvgIpc) is 3.37. The summed E-state index contributed by atoms with van der Waals surface area (Å²) in [5.74, 6) is -0.903. The van der Waals surface area contributed by atoms with Crippen LogP contribution in [0, 0.1) is 0 Å². The highest BCUT2D eigenvalue weighted by molar-refractivity contribution is 6.01. The molecular weight excluding hydrogens is 480 g/mol. The Balaban J connectivity index is 1.19. The molecule has 1 atom stereocenters. The maximum Gasteiger partial charge on any atom is 0.272 e. The van der Waals surface area contributed by atoms with Crippen molar-refractivity contribution in [2.24, 2.45) is 0 Å². The minimum atomic E-state index is -1.13. The fourth-order valence-corrected chi connectivity index (χ4v) is 5.14. The van der Waals surface area contributed by atoms with E-state index >= 15 is 0 Å². The van der Waals surface area contributed by atoms with Crippen LogP contribution in [0.15, 0.2) is 66.7 Å². The van der Waals surface area contributed by atoms with Crippen molar-refractivity contribution in [2.75, 3.05) is 20.1 Å². The maximum absolute atomic E-state index is 13.2. The van der Waals surface area contributed by atoms with Gasteiger partial charge in [-0.05, 0) is 30.9 Å². The third-order valence-electron chi connectivity index (χ3n) is 7.69. The van der Waals surface area contributed by atoms with Gasteiger partial charge >= 0.3 is 0 Å². The van der Waals surface area contributed by atoms with Crippen LogP contribution in [0.2, 0.25) is 0 Å². The second-order valence-electron chi connectivity index (χ2n) is 10.4. The van der Waals surface area contributed by atoms with Crippen LogP contribution in [0.4, 0.5) is 0 Å². The Labute approximate surface area is 222 Å². The normalized spacial score (nSPS) is 20.2. The number of hydrogen-bond acceptors (Lipinski definition) is 5. The Bertz CT molecular complexity index is 1300. The van der Waals surface area contributed by atoms with Gasteiger partial charge in [0.25, 0.3) is 11.8 Å². The third kappa shape index (κ3) is 5.33. The van der Waals surface area contributed by atoms with Crippen molar-refractivity contribution < 1.29 is 14.4 Å². The molecule has 0 spiro atoms. The maximum atomic E-state index is 13.2. The number of nitrogens with one attached hydrogen (secondary N) is 2. The summed E-state index contributed by atoms with van der Waals surface area (Å²) in [5, 5.41) is 10.5. The molecule has 0 bridgehead atoms. The molecule has 9 nitrogen and oxygen atoms in total. The molecule has 0 unspecified atom stereocenters. The lowest BCUT2D eigenvalue weighted by atomic mass is 9.96. The van der Waals surface area contributed by atoms with Gasteiger partial charge in [0.1, 0.15) is 11.2 Å². The Morgan fingerprint density at radius 2 is 1.63 bits per heavy atom. The standard InChI is InChI=1S/C29H34N6O3/c1-29(28(38)30-18-21-9-5-3-6-10-21)20-35-25(27(37)33(29)2)17-24(32-35)26(36)31-23-13-15-34(16-14-23)19-22-11-7-4-8-12-22/h3-12,17,23H,13-16,18-20H2,1-2H3,(H,30,38)(H,31,36)/t29-/m1/s1. The molecule has 0 saturated carbocycles. The number of benzene rings is 2. The van der Waals surface area contributed by atoms with E-state index in [-0.39, 0.29) is 36.0 Å². The van der Waals surface area contributed by atoms with Crippen molar-refractivity contribution >= 4 is 17.7 Å². The number of nitrogens with zero attached hydrogens (tertiary/aromatic N) is 4. The van der Waals surface area contributed by atoms with Crippen molar-refractivity contribution in [3.63, 3.8) is 0 Å². The summed E-state index contributed by atoms with van der Waals surface area (Å²) in [6, 6.07) is 21.6. The molecule has 2 aliphatic rings. The minimum Gasteiger partial charge on any atom is -0.350 e. The summed E-state index contributed by atoms with van der Waals surface area (Å²) < 4.78 is 1.49. The number of amides is 3. The quantitative estimate of drug-likeness (QED) is 0.505. The first-order valence-corrected chi connectivity index (χ1v) is 13.1. The lowest BCUT2D eigenvalue weighted by Gasteiger charge is -2.40. The van der Waals surface area contributed by atoms with Crippen LogP contribution in [0.3, 0.4) is 0 Å². The predicted molar refractivity (Wildman–Crippen MR) is 143 cm³/mol. The Morgan fingerprint density at radius 3 is 2.29 bits per heavy atom. The van der Waals surface area contributed by atoms with Gasteiger partial charge in [-0.1, -0.05) is 60.7 Å². The first kappa shape index (κ1) is 25.7. The molecule has 2 aliphatic heterocycles. The van der Waals surface area contributed by atoms with Crippen molar-refractivity contribution in [1.82, 2.24) is 30.2 Å². The predicted octanol–water partition coefficient (Wildman–Crippen LogP) is 2.44. The molecule has 0 aliphatic carbocycles. The first-order valence-electron chi connectivity index (χ1n) is 13.1. The molecule has 5 rings (SSSR count). The van der Waals surface area contributed by atoms with E-state index in [1.807, 2.05) is 36.4 Å². The number of fused-ring (bicyclic) bond motifs is 1.